The fraction of sp³-hybridized carbons (Fsp3) is 0.471. The van der Waals surface area contributed by atoms with Gasteiger partial charge >= 0.3 is 12.0 Å². The van der Waals surface area contributed by atoms with Crippen LogP contribution in [0.4, 0.5) is 4.79 Å². The fourth-order valence-corrected chi connectivity index (χ4v) is 4.85. The van der Waals surface area contributed by atoms with Crippen LogP contribution in [0.2, 0.25) is 0 Å². The molecule has 1 heterocycles. The second-order valence-corrected chi connectivity index (χ2v) is 8.72. The standard InChI is InChI=1S/C17H23N3O6S/c1-11-6-12(2)9-20(8-11)27(24,25)14-5-3-4-13(7-14)16(22)26-10-15(21)19-17(18)23/h3-5,7,11-12H,6,8-10H2,1-2H3,(H3,18,19,21,23)/t11-,12-/m1/s1. The number of nitrogens with two attached hydrogens (primary N) is 1. The maximum Gasteiger partial charge on any atom is 0.338 e. The Labute approximate surface area is 157 Å². The summed E-state index contributed by atoms with van der Waals surface area (Å²) in [7, 11) is -3.75. The van der Waals surface area contributed by atoms with Gasteiger partial charge in [-0.1, -0.05) is 19.9 Å². The van der Waals surface area contributed by atoms with E-state index in [0.717, 1.165) is 6.42 Å². The average molecular weight is 397 g/mol. The minimum Gasteiger partial charge on any atom is -0.452 e. The van der Waals surface area contributed by atoms with Gasteiger partial charge in [0, 0.05) is 13.1 Å². The number of nitrogens with one attached hydrogen (secondary N) is 1. The number of imide groups is 1. The van der Waals surface area contributed by atoms with Gasteiger partial charge in [-0.05, 0) is 36.5 Å². The molecule has 1 fully saturated rings. The lowest BCUT2D eigenvalue weighted by atomic mass is 9.94. The minimum atomic E-state index is -3.75. The summed E-state index contributed by atoms with van der Waals surface area (Å²) in [4.78, 5) is 33.9. The van der Waals surface area contributed by atoms with E-state index < -0.39 is 34.5 Å². The summed E-state index contributed by atoms with van der Waals surface area (Å²) in [5.41, 5.74) is 4.77. The molecule has 1 aromatic rings. The highest BCUT2D eigenvalue weighted by molar-refractivity contribution is 7.89. The van der Waals surface area contributed by atoms with Gasteiger partial charge in [-0.25, -0.2) is 18.0 Å². The van der Waals surface area contributed by atoms with E-state index in [2.05, 4.69) is 0 Å². The predicted octanol–water partition coefficient (Wildman–Crippen LogP) is 0.705. The molecule has 148 valence electrons. The molecular weight excluding hydrogens is 374 g/mol. The topological polar surface area (TPSA) is 136 Å². The molecule has 0 aliphatic carbocycles. The number of piperidine rings is 1. The van der Waals surface area contributed by atoms with E-state index in [1.54, 1.807) is 5.32 Å². The molecule has 0 spiro atoms. The van der Waals surface area contributed by atoms with Crippen molar-refractivity contribution in [3.8, 4) is 0 Å². The molecule has 0 bridgehead atoms. The second kappa shape index (κ2) is 8.49. The molecule has 9 nitrogen and oxygen atoms in total. The van der Waals surface area contributed by atoms with Crippen LogP contribution in [0, 0.1) is 11.8 Å². The Bertz CT molecular complexity index is 829. The van der Waals surface area contributed by atoms with Crippen LogP contribution < -0.4 is 11.1 Å². The van der Waals surface area contributed by atoms with Gasteiger partial charge in [-0.2, -0.15) is 4.31 Å². The highest BCUT2D eigenvalue weighted by Crippen LogP contribution is 2.27. The zero-order valence-corrected chi connectivity index (χ0v) is 16.0. The number of amides is 3. The van der Waals surface area contributed by atoms with Crippen LogP contribution in [0.3, 0.4) is 0 Å². The number of benzene rings is 1. The second-order valence-electron chi connectivity index (χ2n) is 6.78. The van der Waals surface area contributed by atoms with Crippen LogP contribution in [-0.4, -0.2) is 50.3 Å². The van der Waals surface area contributed by atoms with Gasteiger partial charge in [0.05, 0.1) is 10.5 Å². The summed E-state index contributed by atoms with van der Waals surface area (Å²) in [5, 5.41) is 1.76. The Morgan fingerprint density at radius 3 is 2.44 bits per heavy atom. The van der Waals surface area contributed by atoms with E-state index in [4.69, 9.17) is 10.5 Å². The van der Waals surface area contributed by atoms with Gasteiger partial charge in [0.25, 0.3) is 5.91 Å². The lowest BCUT2D eigenvalue weighted by molar-refractivity contribution is -0.123. The van der Waals surface area contributed by atoms with Crippen molar-refractivity contribution in [2.45, 2.75) is 25.2 Å². The number of esters is 1. The molecule has 1 aromatic carbocycles. The molecule has 0 radical (unpaired) electrons. The van der Waals surface area contributed by atoms with E-state index in [-0.39, 0.29) is 22.3 Å². The number of urea groups is 1. The third-order valence-electron chi connectivity index (χ3n) is 4.14. The minimum absolute atomic E-state index is 0.0129. The molecule has 1 aliphatic heterocycles. The van der Waals surface area contributed by atoms with Gasteiger partial charge in [0.15, 0.2) is 6.61 Å². The number of hydrogen-bond donors (Lipinski definition) is 2. The summed E-state index contributed by atoms with van der Waals surface area (Å²) in [6.45, 7) is 4.15. The summed E-state index contributed by atoms with van der Waals surface area (Å²) in [5.74, 6) is -1.26. The number of sulfonamides is 1. The van der Waals surface area contributed by atoms with Crippen molar-refractivity contribution in [2.75, 3.05) is 19.7 Å². The Hall–Kier alpha value is -2.46. The van der Waals surface area contributed by atoms with Crippen LogP contribution in [0.15, 0.2) is 29.2 Å². The first-order valence-electron chi connectivity index (χ1n) is 8.46. The smallest absolute Gasteiger partial charge is 0.338 e. The fourth-order valence-electron chi connectivity index (χ4n) is 3.12. The van der Waals surface area contributed by atoms with Crippen molar-refractivity contribution >= 4 is 27.9 Å². The summed E-state index contributed by atoms with van der Waals surface area (Å²) >= 11 is 0. The Balaban J connectivity index is 2.13. The summed E-state index contributed by atoms with van der Waals surface area (Å²) in [6.07, 6.45) is 0.964. The first-order chi connectivity index (χ1) is 12.6. The third kappa shape index (κ3) is 5.51. The van der Waals surface area contributed by atoms with Crippen molar-refractivity contribution in [1.29, 1.82) is 0 Å². The van der Waals surface area contributed by atoms with Crippen molar-refractivity contribution in [3.63, 3.8) is 0 Å². The van der Waals surface area contributed by atoms with E-state index in [1.807, 2.05) is 13.8 Å². The quantitative estimate of drug-likeness (QED) is 0.702. The van der Waals surface area contributed by atoms with Gasteiger partial charge in [-0.3, -0.25) is 10.1 Å². The maximum absolute atomic E-state index is 12.9. The number of rotatable bonds is 5. The molecule has 0 unspecified atom stereocenters. The molecular formula is C17H23N3O6S. The van der Waals surface area contributed by atoms with E-state index >= 15 is 0 Å². The Kier molecular flexibility index (Phi) is 6.55. The van der Waals surface area contributed by atoms with Gasteiger partial charge in [0.1, 0.15) is 0 Å². The number of carbonyl (C=O) groups excluding carboxylic acids is 3. The Morgan fingerprint density at radius 2 is 1.85 bits per heavy atom. The molecule has 1 saturated heterocycles. The highest BCUT2D eigenvalue weighted by atomic mass is 32.2. The van der Waals surface area contributed by atoms with Crippen molar-refractivity contribution < 1.29 is 27.5 Å². The first kappa shape index (κ1) is 20.8. The first-order valence-corrected chi connectivity index (χ1v) is 9.90. The number of nitrogens with zero attached hydrogens (tertiary/aromatic N) is 1. The van der Waals surface area contributed by atoms with Crippen molar-refractivity contribution in [2.24, 2.45) is 17.6 Å². The summed E-state index contributed by atoms with van der Waals surface area (Å²) in [6, 6.07) is 4.39. The van der Waals surface area contributed by atoms with Gasteiger partial charge in [0.2, 0.25) is 10.0 Å². The molecule has 0 saturated carbocycles. The molecule has 2 rings (SSSR count). The molecule has 3 N–H and O–H groups in total. The lowest BCUT2D eigenvalue weighted by Gasteiger charge is -2.34. The lowest BCUT2D eigenvalue weighted by Crippen LogP contribution is -2.42. The third-order valence-corrected chi connectivity index (χ3v) is 5.97. The van der Waals surface area contributed by atoms with Gasteiger partial charge in [-0.15, -0.1) is 0 Å². The summed E-state index contributed by atoms with van der Waals surface area (Å²) < 4.78 is 32.0. The average Bonchev–Trinajstić information content (AvgIpc) is 2.58. The van der Waals surface area contributed by atoms with Crippen molar-refractivity contribution in [3.05, 3.63) is 29.8 Å². The molecule has 3 amide bonds. The zero-order chi connectivity index (χ0) is 20.2. The number of primary amides is 1. The maximum atomic E-state index is 12.9. The number of ether oxygens (including phenoxy) is 1. The van der Waals surface area contributed by atoms with Crippen LogP contribution in [0.1, 0.15) is 30.6 Å². The van der Waals surface area contributed by atoms with Crippen LogP contribution in [0.5, 0.6) is 0 Å². The molecule has 0 aromatic heterocycles. The molecule has 27 heavy (non-hydrogen) atoms. The highest BCUT2D eigenvalue weighted by Gasteiger charge is 2.32. The van der Waals surface area contributed by atoms with E-state index in [9.17, 15) is 22.8 Å². The molecule has 2 atom stereocenters. The zero-order valence-electron chi connectivity index (χ0n) is 15.2. The largest absolute Gasteiger partial charge is 0.452 e. The Morgan fingerprint density at radius 1 is 1.22 bits per heavy atom. The monoisotopic (exact) mass is 397 g/mol. The van der Waals surface area contributed by atoms with Crippen LogP contribution >= 0.6 is 0 Å². The van der Waals surface area contributed by atoms with E-state index in [1.165, 1.54) is 28.6 Å². The normalized spacial score (nSPS) is 20.7. The molecule has 1 aliphatic rings. The molecule has 10 heteroatoms. The SMILES string of the molecule is C[C@@H]1C[C@@H](C)CN(S(=O)(=O)c2cccc(C(=O)OCC(=O)NC(N)=O)c2)C1. The predicted molar refractivity (Wildman–Crippen MR) is 96.2 cm³/mol. The van der Waals surface area contributed by atoms with E-state index in [0.29, 0.717) is 13.1 Å². The van der Waals surface area contributed by atoms with Crippen molar-refractivity contribution in [1.82, 2.24) is 9.62 Å². The number of hydrogen-bond acceptors (Lipinski definition) is 6. The number of carbonyl (C=O) groups is 3. The van der Waals surface area contributed by atoms with Gasteiger partial charge < -0.3 is 10.5 Å². The van der Waals surface area contributed by atoms with Crippen LogP contribution in [0.25, 0.3) is 0 Å². The van der Waals surface area contributed by atoms with Crippen LogP contribution in [-0.2, 0) is 19.6 Å².